The van der Waals surface area contributed by atoms with Gasteiger partial charge in [-0.2, -0.15) is 0 Å². The van der Waals surface area contributed by atoms with E-state index in [1.807, 2.05) is 91.0 Å². The molecule has 2 aliphatic rings. The predicted octanol–water partition coefficient (Wildman–Crippen LogP) is 7.80. The standard InChI is InChI=1S/C47H45N9O7/c1-61-46(59)53-39(29-11-5-3-6-12-29)44(57)55-23-9-15-36(55)41-48-26-34(50-41)28-17-19-31(20-18-28)43-52-33-22-21-32(25-38(33)63-43)35-27-49-42(51-35)37-16-10-24-56(37)45(58)40(54-47(60)62-2)30-13-7-4-8-14-30/h3-8,11-14,17-22,25-27,36-37,39-40H,9-10,15-16,23-24H2,1-2H3,(H,48,50)(H,49,51)(H,53,59)(H,54,60)/t36-,37-,39+,40+/m0/s1. The summed E-state index contributed by atoms with van der Waals surface area (Å²) < 4.78 is 15.9. The van der Waals surface area contributed by atoms with Crippen LogP contribution in [0.1, 0.15) is 72.6 Å². The van der Waals surface area contributed by atoms with Gasteiger partial charge in [-0.1, -0.05) is 78.9 Å². The summed E-state index contributed by atoms with van der Waals surface area (Å²) in [6.07, 6.45) is 5.18. The van der Waals surface area contributed by atoms with E-state index in [4.69, 9.17) is 28.8 Å². The van der Waals surface area contributed by atoms with Gasteiger partial charge in [0.1, 0.15) is 29.2 Å². The number of carbonyl (C=O) groups excluding carboxylic acids is 4. The number of hydrogen-bond acceptors (Lipinski definition) is 10. The predicted molar refractivity (Wildman–Crippen MR) is 231 cm³/mol. The third kappa shape index (κ3) is 8.34. The molecular weight excluding hydrogens is 803 g/mol. The number of amides is 4. The zero-order valence-corrected chi connectivity index (χ0v) is 34.6. The number of alkyl carbamates (subject to hydrolysis) is 2. The van der Waals surface area contributed by atoms with Crippen LogP contribution in [-0.4, -0.2) is 86.0 Å². The molecule has 9 rings (SSSR count). The van der Waals surface area contributed by atoms with Crippen molar-refractivity contribution in [3.05, 3.63) is 138 Å². The highest BCUT2D eigenvalue weighted by Crippen LogP contribution is 2.37. The van der Waals surface area contributed by atoms with E-state index in [1.165, 1.54) is 14.2 Å². The molecule has 4 atom stereocenters. The molecular formula is C47H45N9O7. The summed E-state index contributed by atoms with van der Waals surface area (Å²) in [4.78, 5) is 76.9. The van der Waals surface area contributed by atoms with E-state index in [-0.39, 0.29) is 23.9 Å². The van der Waals surface area contributed by atoms with E-state index in [9.17, 15) is 19.2 Å². The van der Waals surface area contributed by atoms with Gasteiger partial charge in [0.25, 0.3) is 11.8 Å². The number of aromatic nitrogens is 5. The number of H-pyrrole nitrogens is 2. The third-order valence-electron chi connectivity index (χ3n) is 11.7. The Morgan fingerprint density at radius 2 is 1.13 bits per heavy atom. The fourth-order valence-corrected chi connectivity index (χ4v) is 8.49. The van der Waals surface area contributed by atoms with Crippen molar-refractivity contribution in [1.82, 2.24) is 45.4 Å². The molecule has 2 fully saturated rings. The van der Waals surface area contributed by atoms with Crippen molar-refractivity contribution in [1.29, 1.82) is 0 Å². The first kappa shape index (κ1) is 40.6. The molecule has 2 saturated heterocycles. The van der Waals surface area contributed by atoms with Crippen LogP contribution in [0.15, 0.2) is 120 Å². The van der Waals surface area contributed by atoms with Crippen molar-refractivity contribution >= 4 is 35.1 Å². The molecule has 5 heterocycles. The first-order valence-electron chi connectivity index (χ1n) is 20.8. The highest BCUT2D eigenvalue weighted by molar-refractivity contribution is 5.88. The van der Waals surface area contributed by atoms with Crippen LogP contribution in [-0.2, 0) is 19.1 Å². The van der Waals surface area contributed by atoms with Crippen LogP contribution < -0.4 is 10.6 Å². The lowest BCUT2D eigenvalue weighted by Gasteiger charge is -2.28. The maximum Gasteiger partial charge on any atom is 0.407 e. The largest absolute Gasteiger partial charge is 0.453 e. The normalized spacial score (nSPS) is 17.0. The first-order chi connectivity index (χ1) is 30.8. The van der Waals surface area contributed by atoms with Gasteiger partial charge in [-0.25, -0.2) is 24.5 Å². The molecule has 0 unspecified atom stereocenters. The smallest absolute Gasteiger partial charge is 0.407 e. The second-order valence-corrected chi connectivity index (χ2v) is 15.5. The Morgan fingerprint density at radius 1 is 0.651 bits per heavy atom. The molecule has 16 nitrogen and oxygen atoms in total. The van der Waals surface area contributed by atoms with Crippen LogP contribution in [0.3, 0.4) is 0 Å². The van der Waals surface area contributed by atoms with Crippen molar-refractivity contribution in [3.63, 3.8) is 0 Å². The molecule has 0 saturated carbocycles. The number of imidazole rings is 2. The molecule has 0 aliphatic carbocycles. The van der Waals surface area contributed by atoms with Crippen LogP contribution >= 0.6 is 0 Å². The summed E-state index contributed by atoms with van der Waals surface area (Å²) in [6.45, 7) is 1.06. The Labute approximate surface area is 362 Å². The number of benzene rings is 4. The number of nitrogens with zero attached hydrogens (tertiary/aromatic N) is 5. The van der Waals surface area contributed by atoms with Crippen molar-refractivity contribution < 1.29 is 33.1 Å². The average Bonchev–Trinajstić information content (AvgIpc) is 4.19. The van der Waals surface area contributed by atoms with Gasteiger partial charge in [-0.3, -0.25) is 9.59 Å². The van der Waals surface area contributed by atoms with E-state index in [0.717, 1.165) is 53.8 Å². The number of rotatable bonds is 11. The minimum Gasteiger partial charge on any atom is -0.453 e. The number of methoxy groups -OCH3 is 2. The number of ether oxygens (including phenoxy) is 2. The molecule has 0 spiro atoms. The quantitative estimate of drug-likeness (QED) is 0.0996. The summed E-state index contributed by atoms with van der Waals surface area (Å²) in [6, 6.07) is 29.4. The maximum absolute atomic E-state index is 14.0. The van der Waals surface area contributed by atoms with Crippen LogP contribution in [0.5, 0.6) is 0 Å². The number of fused-ring (bicyclic) bond motifs is 1. The minimum atomic E-state index is -0.906. The van der Waals surface area contributed by atoms with Crippen LogP contribution in [0.2, 0.25) is 0 Å². The van der Waals surface area contributed by atoms with Gasteiger partial charge in [0.15, 0.2) is 5.58 Å². The third-order valence-corrected chi connectivity index (χ3v) is 11.7. The maximum atomic E-state index is 14.0. The number of likely N-dealkylation sites (tertiary alicyclic amines) is 2. The summed E-state index contributed by atoms with van der Waals surface area (Å²) >= 11 is 0. The van der Waals surface area contributed by atoms with Crippen LogP contribution in [0.25, 0.3) is 45.1 Å². The summed E-state index contributed by atoms with van der Waals surface area (Å²) in [5, 5.41) is 5.41. The Balaban J connectivity index is 0.884. The lowest BCUT2D eigenvalue weighted by Crippen LogP contribution is -2.42. The molecule has 4 aromatic carbocycles. The zero-order valence-electron chi connectivity index (χ0n) is 34.6. The van der Waals surface area contributed by atoms with Gasteiger partial charge in [0.2, 0.25) is 5.89 Å². The molecule has 0 bridgehead atoms. The first-order valence-corrected chi connectivity index (χ1v) is 20.8. The molecule has 4 N–H and O–H groups in total. The van der Waals surface area contributed by atoms with Gasteiger partial charge in [0.05, 0.1) is 50.1 Å². The summed E-state index contributed by atoms with van der Waals surface area (Å²) in [7, 11) is 2.54. The number of carbonyl (C=O) groups is 4. The van der Waals surface area contributed by atoms with E-state index < -0.39 is 24.3 Å². The molecule has 3 aromatic heterocycles. The fourth-order valence-electron chi connectivity index (χ4n) is 8.49. The second kappa shape index (κ2) is 17.7. The van der Waals surface area contributed by atoms with Crippen molar-refractivity contribution in [2.75, 3.05) is 27.3 Å². The van der Waals surface area contributed by atoms with Gasteiger partial charge >= 0.3 is 12.2 Å². The second-order valence-electron chi connectivity index (χ2n) is 15.5. The lowest BCUT2D eigenvalue weighted by molar-refractivity contribution is -0.135. The Hall–Kier alpha value is -7.75. The molecule has 4 amide bonds. The molecule has 2 aliphatic heterocycles. The number of oxazole rings is 1. The number of hydrogen-bond donors (Lipinski definition) is 4. The molecule has 16 heteroatoms. The van der Waals surface area contributed by atoms with E-state index >= 15 is 0 Å². The highest BCUT2D eigenvalue weighted by Gasteiger charge is 2.38. The molecule has 7 aromatic rings. The molecule has 0 radical (unpaired) electrons. The van der Waals surface area contributed by atoms with Crippen molar-refractivity contribution in [2.45, 2.75) is 49.9 Å². The van der Waals surface area contributed by atoms with Crippen molar-refractivity contribution in [2.24, 2.45) is 0 Å². The average molecular weight is 848 g/mol. The van der Waals surface area contributed by atoms with Gasteiger partial charge in [0, 0.05) is 24.2 Å². The van der Waals surface area contributed by atoms with Crippen molar-refractivity contribution in [3.8, 4) is 34.0 Å². The van der Waals surface area contributed by atoms with Gasteiger partial charge in [-0.15, -0.1) is 0 Å². The molecule has 63 heavy (non-hydrogen) atoms. The SMILES string of the molecule is COC(=O)N[C@@H](C(=O)N1CCC[C@H]1c1ncc(-c2ccc(-c3nc4ccc(-c5cnc([C@@H]6CCCN6C(=O)[C@H](NC(=O)OC)c6ccccc6)[nH]5)cc4o3)cc2)[nH]1)c1ccccc1. The summed E-state index contributed by atoms with van der Waals surface area (Å²) in [5.41, 5.74) is 6.71. The van der Waals surface area contributed by atoms with E-state index in [0.29, 0.717) is 52.9 Å². The van der Waals surface area contributed by atoms with Crippen LogP contribution in [0.4, 0.5) is 9.59 Å². The van der Waals surface area contributed by atoms with Gasteiger partial charge in [-0.05, 0) is 66.6 Å². The monoisotopic (exact) mass is 847 g/mol. The minimum absolute atomic E-state index is 0.231. The number of aromatic amines is 2. The lowest BCUT2D eigenvalue weighted by atomic mass is 10.1. The van der Waals surface area contributed by atoms with E-state index in [1.54, 1.807) is 34.3 Å². The zero-order chi connectivity index (χ0) is 43.5. The Morgan fingerprint density at radius 3 is 1.63 bits per heavy atom. The Bertz CT molecular complexity index is 2750. The summed E-state index contributed by atoms with van der Waals surface area (Å²) in [5.74, 6) is 1.32. The number of nitrogens with one attached hydrogen (secondary N) is 4. The highest BCUT2D eigenvalue weighted by atomic mass is 16.5. The van der Waals surface area contributed by atoms with Crippen LogP contribution in [0, 0.1) is 0 Å². The topological polar surface area (TPSA) is 201 Å². The fraction of sp³-hybridized carbons (Fsp3) is 0.255. The van der Waals surface area contributed by atoms with Gasteiger partial charge < -0.3 is 44.3 Å². The molecule has 320 valence electrons. The van der Waals surface area contributed by atoms with E-state index in [2.05, 4.69) is 20.6 Å². The Kier molecular flexibility index (Phi) is 11.4.